The molecule has 2 atom stereocenters. The Morgan fingerprint density at radius 3 is 2.91 bits per heavy atom. The second-order valence-electron chi connectivity index (χ2n) is 5.53. The summed E-state index contributed by atoms with van der Waals surface area (Å²) in [7, 11) is 1.88. The van der Waals surface area contributed by atoms with Crippen molar-refractivity contribution in [3.8, 4) is 11.5 Å². The van der Waals surface area contributed by atoms with Crippen LogP contribution in [-0.2, 0) is 9.53 Å². The molecule has 0 N–H and O–H groups in total. The van der Waals surface area contributed by atoms with Gasteiger partial charge in [-0.3, -0.25) is 4.79 Å². The molecule has 1 fully saturated rings. The number of alkyl halides is 2. The van der Waals surface area contributed by atoms with Crippen LogP contribution in [0.4, 0.5) is 8.78 Å². The van der Waals surface area contributed by atoms with E-state index in [9.17, 15) is 13.6 Å². The third-order valence-corrected chi connectivity index (χ3v) is 3.95. The van der Waals surface area contributed by atoms with Crippen molar-refractivity contribution in [1.29, 1.82) is 0 Å². The first kappa shape index (κ1) is 15.0. The molecule has 0 radical (unpaired) electrons. The number of hydrogen-bond acceptors (Lipinski definition) is 5. The standard InChI is InChI=1S/C15H17F2NO4/c1-3-20-14(19)11-8-18(2)7-10(11)9-5-4-6-12-13(9)22-15(16,17)21-12/h4-6,10-11H,3,7-8H2,1-2H3. The fourth-order valence-corrected chi connectivity index (χ4v) is 3.09. The van der Waals surface area contributed by atoms with Gasteiger partial charge in [-0.1, -0.05) is 12.1 Å². The van der Waals surface area contributed by atoms with Crippen molar-refractivity contribution >= 4 is 5.97 Å². The second kappa shape index (κ2) is 5.39. The minimum Gasteiger partial charge on any atom is -0.466 e. The van der Waals surface area contributed by atoms with Crippen LogP contribution in [0, 0.1) is 5.92 Å². The SMILES string of the molecule is CCOC(=O)C1CN(C)CC1c1cccc2c1OC(F)(F)O2. The number of esters is 1. The van der Waals surface area contributed by atoms with Crippen molar-refractivity contribution in [3.05, 3.63) is 23.8 Å². The van der Waals surface area contributed by atoms with Crippen LogP contribution in [0.1, 0.15) is 18.4 Å². The maximum atomic E-state index is 13.3. The molecular weight excluding hydrogens is 296 g/mol. The Hall–Kier alpha value is -1.89. The van der Waals surface area contributed by atoms with Crippen molar-refractivity contribution < 1.29 is 27.8 Å². The van der Waals surface area contributed by atoms with E-state index in [1.807, 2.05) is 11.9 Å². The van der Waals surface area contributed by atoms with E-state index < -0.39 is 12.2 Å². The topological polar surface area (TPSA) is 48.0 Å². The first-order chi connectivity index (χ1) is 10.4. The number of para-hydroxylation sites is 1. The number of likely N-dealkylation sites (tertiary alicyclic amines) is 1. The number of benzene rings is 1. The van der Waals surface area contributed by atoms with E-state index in [1.54, 1.807) is 19.1 Å². The van der Waals surface area contributed by atoms with Gasteiger partial charge in [0.25, 0.3) is 0 Å². The summed E-state index contributed by atoms with van der Waals surface area (Å²) >= 11 is 0. The molecule has 1 aromatic rings. The smallest absolute Gasteiger partial charge is 0.466 e. The fourth-order valence-electron chi connectivity index (χ4n) is 3.09. The first-order valence-corrected chi connectivity index (χ1v) is 7.15. The molecule has 0 aromatic heterocycles. The number of likely N-dealkylation sites (N-methyl/N-ethyl adjacent to an activating group) is 1. The molecular formula is C15H17F2NO4. The van der Waals surface area contributed by atoms with Crippen molar-refractivity contribution in [2.75, 3.05) is 26.7 Å². The highest BCUT2D eigenvalue weighted by Crippen LogP contribution is 2.48. The molecule has 1 saturated heterocycles. The van der Waals surface area contributed by atoms with Crippen LogP contribution in [0.25, 0.3) is 0 Å². The maximum absolute atomic E-state index is 13.3. The largest absolute Gasteiger partial charge is 0.586 e. The van der Waals surface area contributed by atoms with Crippen LogP contribution >= 0.6 is 0 Å². The highest BCUT2D eigenvalue weighted by molar-refractivity contribution is 5.75. The molecule has 120 valence electrons. The predicted octanol–water partition coefficient (Wildman–Crippen LogP) is 2.22. The number of fused-ring (bicyclic) bond motifs is 1. The van der Waals surface area contributed by atoms with E-state index in [2.05, 4.69) is 9.47 Å². The zero-order valence-electron chi connectivity index (χ0n) is 12.3. The fraction of sp³-hybridized carbons (Fsp3) is 0.533. The van der Waals surface area contributed by atoms with Crippen molar-refractivity contribution in [2.45, 2.75) is 19.1 Å². The summed E-state index contributed by atoms with van der Waals surface area (Å²) in [5.41, 5.74) is 0.553. The number of carbonyl (C=O) groups excluding carboxylic acids is 1. The van der Waals surface area contributed by atoms with Gasteiger partial charge in [0.05, 0.1) is 12.5 Å². The summed E-state index contributed by atoms with van der Waals surface area (Å²) < 4.78 is 40.8. The minimum absolute atomic E-state index is 0.000313. The molecule has 3 rings (SSSR count). The molecule has 0 aliphatic carbocycles. The normalized spacial score (nSPS) is 26.2. The van der Waals surface area contributed by atoms with Gasteiger partial charge < -0.3 is 19.1 Å². The van der Waals surface area contributed by atoms with E-state index in [1.165, 1.54) is 6.07 Å². The van der Waals surface area contributed by atoms with Crippen LogP contribution in [0.15, 0.2) is 18.2 Å². The second-order valence-corrected chi connectivity index (χ2v) is 5.53. The number of carbonyl (C=O) groups is 1. The van der Waals surface area contributed by atoms with Gasteiger partial charge in [-0.2, -0.15) is 0 Å². The van der Waals surface area contributed by atoms with Gasteiger partial charge in [-0.15, -0.1) is 8.78 Å². The van der Waals surface area contributed by atoms with Gasteiger partial charge in [0.15, 0.2) is 11.5 Å². The van der Waals surface area contributed by atoms with Crippen LogP contribution in [0.2, 0.25) is 0 Å². The Bertz CT molecular complexity index is 593. The maximum Gasteiger partial charge on any atom is 0.586 e. The average Bonchev–Trinajstić information content (AvgIpc) is 2.96. The molecule has 5 nitrogen and oxygen atoms in total. The zero-order valence-corrected chi connectivity index (χ0v) is 12.3. The van der Waals surface area contributed by atoms with Crippen LogP contribution in [-0.4, -0.2) is 43.9 Å². The van der Waals surface area contributed by atoms with Gasteiger partial charge in [0.2, 0.25) is 0 Å². The molecule has 2 aliphatic heterocycles. The summed E-state index contributed by atoms with van der Waals surface area (Å²) in [6.45, 7) is 3.11. The minimum atomic E-state index is -3.66. The van der Waals surface area contributed by atoms with Gasteiger partial charge in [0, 0.05) is 24.6 Å². The summed E-state index contributed by atoms with van der Waals surface area (Å²) in [6, 6.07) is 4.75. The molecule has 2 unspecified atom stereocenters. The van der Waals surface area contributed by atoms with E-state index in [0.717, 1.165) is 0 Å². The van der Waals surface area contributed by atoms with Gasteiger partial charge >= 0.3 is 12.3 Å². The van der Waals surface area contributed by atoms with Gasteiger partial charge in [0.1, 0.15) is 0 Å². The lowest BCUT2D eigenvalue weighted by atomic mass is 9.88. The lowest BCUT2D eigenvalue weighted by molar-refractivity contribution is -0.287. The van der Waals surface area contributed by atoms with Gasteiger partial charge in [-0.05, 0) is 20.0 Å². The molecule has 22 heavy (non-hydrogen) atoms. The number of nitrogens with zero attached hydrogens (tertiary/aromatic N) is 1. The molecule has 1 aromatic carbocycles. The molecule has 0 amide bonds. The Labute approximate surface area is 126 Å². The molecule has 0 bridgehead atoms. The van der Waals surface area contributed by atoms with Crippen molar-refractivity contribution in [2.24, 2.45) is 5.92 Å². The predicted molar refractivity (Wildman–Crippen MR) is 73.0 cm³/mol. The van der Waals surface area contributed by atoms with E-state index in [0.29, 0.717) is 18.7 Å². The number of halogens is 2. The van der Waals surface area contributed by atoms with Crippen LogP contribution in [0.3, 0.4) is 0 Å². The monoisotopic (exact) mass is 313 g/mol. The van der Waals surface area contributed by atoms with Crippen LogP contribution in [0.5, 0.6) is 11.5 Å². The molecule has 0 saturated carbocycles. The Balaban J connectivity index is 1.94. The van der Waals surface area contributed by atoms with Crippen LogP contribution < -0.4 is 9.47 Å². The number of hydrogen-bond donors (Lipinski definition) is 0. The number of ether oxygens (including phenoxy) is 3. The zero-order chi connectivity index (χ0) is 15.9. The van der Waals surface area contributed by atoms with E-state index in [-0.39, 0.29) is 30.0 Å². The summed E-state index contributed by atoms with van der Waals surface area (Å²) in [6.07, 6.45) is -3.66. The van der Waals surface area contributed by atoms with Crippen molar-refractivity contribution in [1.82, 2.24) is 4.90 Å². The quantitative estimate of drug-likeness (QED) is 0.801. The lowest BCUT2D eigenvalue weighted by Crippen LogP contribution is -2.27. The third-order valence-electron chi connectivity index (χ3n) is 3.95. The Morgan fingerprint density at radius 2 is 2.18 bits per heavy atom. The Kier molecular flexibility index (Phi) is 3.68. The highest BCUT2D eigenvalue weighted by Gasteiger charge is 2.47. The molecule has 0 spiro atoms. The molecule has 2 heterocycles. The molecule has 2 aliphatic rings. The highest BCUT2D eigenvalue weighted by atomic mass is 19.3. The Morgan fingerprint density at radius 1 is 1.41 bits per heavy atom. The first-order valence-electron chi connectivity index (χ1n) is 7.15. The summed E-state index contributed by atoms with van der Waals surface area (Å²) in [5.74, 6) is -0.979. The van der Waals surface area contributed by atoms with E-state index >= 15 is 0 Å². The number of rotatable bonds is 3. The van der Waals surface area contributed by atoms with Crippen molar-refractivity contribution in [3.63, 3.8) is 0 Å². The summed E-state index contributed by atoms with van der Waals surface area (Å²) in [5, 5.41) is 0. The van der Waals surface area contributed by atoms with E-state index in [4.69, 9.17) is 4.74 Å². The lowest BCUT2D eigenvalue weighted by Gasteiger charge is -2.18. The molecule has 7 heteroatoms. The summed E-state index contributed by atoms with van der Waals surface area (Å²) in [4.78, 5) is 14.1. The van der Waals surface area contributed by atoms with Gasteiger partial charge in [-0.25, -0.2) is 0 Å². The third kappa shape index (κ3) is 2.61. The average molecular weight is 313 g/mol.